The Morgan fingerprint density at radius 1 is 1.08 bits per heavy atom. The van der Waals surface area contributed by atoms with Crippen LogP contribution in [0, 0.1) is 5.92 Å². The summed E-state index contributed by atoms with van der Waals surface area (Å²) < 4.78 is 5.37. The minimum absolute atomic E-state index is 0.0114. The minimum atomic E-state index is -0.184. The van der Waals surface area contributed by atoms with Crippen LogP contribution in [0.4, 0.5) is 10.5 Å². The van der Waals surface area contributed by atoms with Crippen LogP contribution in [-0.4, -0.2) is 31.6 Å². The highest BCUT2D eigenvalue weighted by Gasteiger charge is 2.14. The number of anilines is 1. The molecule has 1 fully saturated rings. The summed E-state index contributed by atoms with van der Waals surface area (Å²) in [7, 11) is 0. The molecule has 0 atom stereocenters. The van der Waals surface area contributed by atoms with Crippen LogP contribution in [0.2, 0.25) is 0 Å². The molecule has 0 aliphatic heterocycles. The quantitative estimate of drug-likeness (QED) is 0.718. The van der Waals surface area contributed by atoms with Gasteiger partial charge in [-0.3, -0.25) is 4.79 Å². The predicted octanol–water partition coefficient (Wildman–Crippen LogP) is 2.90. The number of urea groups is 1. The van der Waals surface area contributed by atoms with Gasteiger partial charge in [0.2, 0.25) is 0 Å². The van der Waals surface area contributed by atoms with Crippen LogP contribution < -0.4 is 20.7 Å². The number of likely N-dealkylation sites (N-methyl/N-ethyl adjacent to an activating group) is 1. The van der Waals surface area contributed by atoms with Crippen molar-refractivity contribution < 1.29 is 14.3 Å². The molecule has 0 unspecified atom stereocenters. The lowest BCUT2D eigenvalue weighted by Crippen LogP contribution is -2.33. The molecule has 0 aromatic heterocycles. The lowest BCUT2D eigenvalue weighted by atomic mass is 9.89. The van der Waals surface area contributed by atoms with Crippen molar-refractivity contribution in [3.8, 4) is 5.75 Å². The van der Waals surface area contributed by atoms with Gasteiger partial charge in [-0.15, -0.1) is 0 Å². The molecule has 3 amide bonds. The Bertz CT molecular complexity index is 525. The van der Waals surface area contributed by atoms with Crippen LogP contribution in [-0.2, 0) is 4.79 Å². The Labute approximate surface area is 143 Å². The topological polar surface area (TPSA) is 79.5 Å². The van der Waals surface area contributed by atoms with Crippen molar-refractivity contribution in [3.05, 3.63) is 24.3 Å². The summed E-state index contributed by atoms with van der Waals surface area (Å²) in [5.41, 5.74) is 0.696. The number of nitrogens with one attached hydrogen (secondary N) is 3. The van der Waals surface area contributed by atoms with Crippen molar-refractivity contribution in [3.63, 3.8) is 0 Å². The maximum Gasteiger partial charge on any atom is 0.319 e. The van der Waals surface area contributed by atoms with Gasteiger partial charge < -0.3 is 20.7 Å². The second-order valence-electron chi connectivity index (χ2n) is 6.11. The molecule has 0 radical (unpaired) electrons. The van der Waals surface area contributed by atoms with E-state index in [9.17, 15) is 9.59 Å². The zero-order valence-corrected chi connectivity index (χ0v) is 14.3. The third-order valence-corrected chi connectivity index (χ3v) is 4.13. The van der Waals surface area contributed by atoms with Gasteiger partial charge in [0.15, 0.2) is 6.61 Å². The maximum absolute atomic E-state index is 11.9. The van der Waals surface area contributed by atoms with Crippen molar-refractivity contribution in [1.29, 1.82) is 0 Å². The van der Waals surface area contributed by atoms with Crippen molar-refractivity contribution in [2.75, 3.05) is 25.0 Å². The van der Waals surface area contributed by atoms with Gasteiger partial charge in [0, 0.05) is 18.8 Å². The van der Waals surface area contributed by atoms with Crippen LogP contribution in [0.15, 0.2) is 24.3 Å². The summed E-state index contributed by atoms with van der Waals surface area (Å²) in [6.07, 6.45) is 6.27. The smallest absolute Gasteiger partial charge is 0.319 e. The van der Waals surface area contributed by atoms with Crippen LogP contribution in [0.1, 0.15) is 39.0 Å². The average molecular weight is 333 g/mol. The standard InChI is InChI=1S/C18H27N3O3/c1-2-19-17(22)13-24-16-10-8-15(9-11-16)21-18(23)20-12-14-6-4-3-5-7-14/h8-11,14H,2-7,12-13H2,1H3,(H,19,22)(H2,20,21,23). The van der Waals surface area contributed by atoms with Gasteiger partial charge >= 0.3 is 6.03 Å². The summed E-state index contributed by atoms with van der Waals surface area (Å²) >= 11 is 0. The maximum atomic E-state index is 11.9. The third kappa shape index (κ3) is 6.48. The van der Waals surface area contributed by atoms with Gasteiger partial charge in [-0.25, -0.2) is 4.79 Å². The first-order valence-electron chi connectivity index (χ1n) is 8.71. The van der Waals surface area contributed by atoms with E-state index in [-0.39, 0.29) is 18.5 Å². The lowest BCUT2D eigenvalue weighted by molar-refractivity contribution is -0.122. The first-order chi connectivity index (χ1) is 11.7. The van der Waals surface area contributed by atoms with Gasteiger partial charge in [0.25, 0.3) is 5.91 Å². The first-order valence-corrected chi connectivity index (χ1v) is 8.71. The molecule has 0 heterocycles. The van der Waals surface area contributed by atoms with E-state index in [0.29, 0.717) is 23.9 Å². The predicted molar refractivity (Wildman–Crippen MR) is 94.2 cm³/mol. The fourth-order valence-corrected chi connectivity index (χ4v) is 2.84. The lowest BCUT2D eigenvalue weighted by Gasteiger charge is -2.21. The van der Waals surface area contributed by atoms with Crippen LogP contribution >= 0.6 is 0 Å². The molecular formula is C18H27N3O3. The van der Waals surface area contributed by atoms with Gasteiger partial charge in [-0.05, 0) is 49.9 Å². The molecule has 24 heavy (non-hydrogen) atoms. The fourth-order valence-electron chi connectivity index (χ4n) is 2.84. The summed E-state index contributed by atoms with van der Waals surface area (Å²) in [5.74, 6) is 1.05. The Kier molecular flexibility index (Phi) is 7.39. The number of benzene rings is 1. The zero-order valence-electron chi connectivity index (χ0n) is 14.3. The van der Waals surface area contributed by atoms with Crippen LogP contribution in [0.5, 0.6) is 5.75 Å². The summed E-state index contributed by atoms with van der Waals surface area (Å²) in [5, 5.41) is 8.41. The molecule has 0 saturated heterocycles. The average Bonchev–Trinajstić information content (AvgIpc) is 2.60. The van der Waals surface area contributed by atoms with Crippen LogP contribution in [0.25, 0.3) is 0 Å². The molecule has 1 saturated carbocycles. The summed E-state index contributed by atoms with van der Waals surface area (Å²) in [6.45, 7) is 3.17. The molecule has 1 aliphatic carbocycles. The normalized spacial score (nSPS) is 14.7. The monoisotopic (exact) mass is 333 g/mol. The van der Waals surface area contributed by atoms with E-state index < -0.39 is 0 Å². The second-order valence-corrected chi connectivity index (χ2v) is 6.11. The highest BCUT2D eigenvalue weighted by molar-refractivity contribution is 5.89. The molecule has 1 aromatic carbocycles. The Morgan fingerprint density at radius 3 is 2.46 bits per heavy atom. The SMILES string of the molecule is CCNC(=O)COc1ccc(NC(=O)NCC2CCCCC2)cc1. The van der Waals surface area contributed by atoms with E-state index in [2.05, 4.69) is 16.0 Å². The summed E-state index contributed by atoms with van der Waals surface area (Å²) in [6, 6.07) is 6.79. The van der Waals surface area contributed by atoms with E-state index in [1.54, 1.807) is 24.3 Å². The van der Waals surface area contributed by atoms with E-state index in [1.807, 2.05) is 6.92 Å². The molecular weight excluding hydrogens is 306 g/mol. The molecule has 3 N–H and O–H groups in total. The van der Waals surface area contributed by atoms with Gasteiger partial charge in [0.1, 0.15) is 5.75 Å². The number of rotatable bonds is 7. The largest absolute Gasteiger partial charge is 0.484 e. The van der Waals surface area contributed by atoms with Gasteiger partial charge in [-0.2, -0.15) is 0 Å². The van der Waals surface area contributed by atoms with Crippen molar-refractivity contribution in [2.24, 2.45) is 5.92 Å². The van der Waals surface area contributed by atoms with Gasteiger partial charge in [-0.1, -0.05) is 19.3 Å². The molecule has 2 rings (SSSR count). The number of ether oxygens (including phenoxy) is 1. The Morgan fingerprint density at radius 2 is 1.79 bits per heavy atom. The summed E-state index contributed by atoms with van der Waals surface area (Å²) in [4.78, 5) is 23.3. The Balaban J connectivity index is 1.70. The van der Waals surface area contributed by atoms with Crippen molar-refractivity contribution >= 4 is 17.6 Å². The highest BCUT2D eigenvalue weighted by atomic mass is 16.5. The minimum Gasteiger partial charge on any atom is -0.484 e. The Hall–Kier alpha value is -2.24. The molecule has 6 heteroatoms. The third-order valence-electron chi connectivity index (χ3n) is 4.13. The molecule has 1 aliphatic rings. The van der Waals surface area contributed by atoms with Crippen molar-refractivity contribution in [2.45, 2.75) is 39.0 Å². The number of hydrogen-bond acceptors (Lipinski definition) is 3. The molecule has 0 bridgehead atoms. The van der Waals surface area contributed by atoms with Crippen LogP contribution in [0.3, 0.4) is 0 Å². The second kappa shape index (κ2) is 9.80. The molecule has 1 aromatic rings. The molecule has 132 valence electrons. The zero-order chi connectivity index (χ0) is 17.2. The number of carbonyl (C=O) groups excluding carboxylic acids is 2. The highest BCUT2D eigenvalue weighted by Crippen LogP contribution is 2.22. The number of amides is 3. The van der Waals surface area contributed by atoms with Gasteiger partial charge in [0.05, 0.1) is 0 Å². The van der Waals surface area contributed by atoms with Crippen molar-refractivity contribution in [1.82, 2.24) is 10.6 Å². The number of hydrogen-bond donors (Lipinski definition) is 3. The number of carbonyl (C=O) groups is 2. The molecule has 0 spiro atoms. The van der Waals surface area contributed by atoms with E-state index in [0.717, 1.165) is 6.54 Å². The molecule has 6 nitrogen and oxygen atoms in total. The van der Waals surface area contributed by atoms with E-state index >= 15 is 0 Å². The van der Waals surface area contributed by atoms with E-state index in [4.69, 9.17) is 4.74 Å². The first kappa shape index (κ1) is 18.1. The van der Waals surface area contributed by atoms with E-state index in [1.165, 1.54) is 32.1 Å². The fraction of sp³-hybridized carbons (Fsp3) is 0.556.